The second-order valence-corrected chi connectivity index (χ2v) is 41.1. The van der Waals surface area contributed by atoms with Gasteiger partial charge in [-0.05, 0) is 127 Å². The molecule has 0 aromatic heterocycles. The summed E-state index contributed by atoms with van der Waals surface area (Å²) in [6.45, 7) is 35.1. The van der Waals surface area contributed by atoms with Gasteiger partial charge in [0.15, 0.2) is 0 Å². The largest absolute Gasteiger partial charge is 0.500 e. The van der Waals surface area contributed by atoms with E-state index in [1.54, 1.807) is 0 Å². The van der Waals surface area contributed by atoms with Gasteiger partial charge in [0.25, 0.3) is 0 Å². The second kappa shape index (κ2) is 27.7. The average molecular weight is 992 g/mol. The molecule has 24 heteroatoms. The van der Waals surface area contributed by atoms with Crippen molar-refractivity contribution in [3.8, 4) is 0 Å². The summed E-state index contributed by atoms with van der Waals surface area (Å²) < 4.78 is 99.5. The molecule has 1 rings (SSSR count). The highest BCUT2D eigenvalue weighted by Crippen LogP contribution is 2.42. The molecule has 0 radical (unpaired) electrons. The van der Waals surface area contributed by atoms with Crippen molar-refractivity contribution >= 4 is 79.6 Å². The summed E-state index contributed by atoms with van der Waals surface area (Å²) in [6, 6.07) is 4.15. The van der Waals surface area contributed by atoms with Crippen molar-refractivity contribution in [1.82, 2.24) is 0 Å². The van der Waals surface area contributed by atoms with Gasteiger partial charge in [-0.15, -0.1) is 0 Å². The Balaban J connectivity index is 4.02. The summed E-state index contributed by atoms with van der Waals surface area (Å²) in [5.74, 6) is 0. The summed E-state index contributed by atoms with van der Waals surface area (Å²) in [7, 11) is -25.3. The molecule has 1 aliphatic rings. The summed E-state index contributed by atoms with van der Waals surface area (Å²) in [5, 5.41) is 0. The molecule has 2 unspecified atom stereocenters. The molecule has 0 bridgehead atoms. The lowest BCUT2D eigenvalue weighted by atomic mass is 10.9. The number of halogens is 1. The molecule has 0 saturated carbocycles. The van der Waals surface area contributed by atoms with Gasteiger partial charge in [0.2, 0.25) is 0 Å². The van der Waals surface area contributed by atoms with E-state index in [2.05, 4.69) is 26.2 Å². The molecule has 0 aromatic rings. The third-order valence-electron chi connectivity index (χ3n) is 9.26. The molecule has 1 fully saturated rings. The first-order valence-electron chi connectivity index (χ1n) is 21.8. The van der Waals surface area contributed by atoms with Crippen molar-refractivity contribution in [3.05, 3.63) is 0 Å². The smallest absolute Gasteiger partial charge is 0.416 e. The molecule has 58 heavy (non-hydrogen) atoms. The van der Waals surface area contributed by atoms with Crippen molar-refractivity contribution in [2.45, 2.75) is 151 Å². The first-order valence-corrected chi connectivity index (χ1v) is 40.8. The van der Waals surface area contributed by atoms with E-state index in [1.165, 1.54) is 0 Å². The van der Waals surface area contributed by atoms with Crippen molar-refractivity contribution < 1.29 is 65.1 Å². The van der Waals surface area contributed by atoms with E-state index in [0.29, 0.717) is 121 Å². The minimum atomic E-state index is -3.23. The lowest BCUT2D eigenvalue weighted by Gasteiger charge is -2.51. The van der Waals surface area contributed by atoms with E-state index in [1.807, 2.05) is 76.2 Å². The predicted molar refractivity (Wildman–Crippen MR) is 246 cm³/mol. The van der Waals surface area contributed by atoms with Crippen LogP contribution in [0, 0.1) is 0 Å². The number of rotatable bonds is 34. The van der Waals surface area contributed by atoms with Gasteiger partial charge >= 0.3 is 68.5 Å². The first kappa shape index (κ1) is 57.4. The van der Waals surface area contributed by atoms with Crippen LogP contribution in [-0.4, -0.2) is 141 Å². The minimum Gasteiger partial charge on any atom is -0.416 e. The van der Waals surface area contributed by atoms with Crippen LogP contribution in [-0.2, 0) is 65.1 Å². The van der Waals surface area contributed by atoms with Crippen LogP contribution < -0.4 is 0 Å². The van der Waals surface area contributed by atoms with Crippen molar-refractivity contribution in [2.75, 3.05) is 72.7 Å². The molecular formula is C34H83ClO15Si8. The summed E-state index contributed by atoms with van der Waals surface area (Å²) >= 11 is 7.15. The Hall–Kier alpha value is 1.43. The maximum absolute atomic E-state index is 7.59. The fraction of sp³-hybridized carbons (Fsp3) is 1.00. The van der Waals surface area contributed by atoms with E-state index in [9.17, 15) is 0 Å². The Labute approximate surface area is 366 Å². The van der Waals surface area contributed by atoms with Gasteiger partial charge in [0, 0.05) is 96.9 Å². The zero-order chi connectivity index (χ0) is 44.0. The normalized spacial score (nSPS) is 25.2. The molecule has 0 spiro atoms. The van der Waals surface area contributed by atoms with Crippen LogP contribution in [0.2, 0.25) is 74.5 Å². The van der Waals surface area contributed by atoms with Gasteiger partial charge in [-0.3, -0.25) is 0 Å². The van der Waals surface area contributed by atoms with Gasteiger partial charge in [0.1, 0.15) is 0 Å². The van der Waals surface area contributed by atoms with E-state index < -0.39 is 68.5 Å². The van der Waals surface area contributed by atoms with Gasteiger partial charge in [-0.1, -0.05) is 11.1 Å². The summed E-state index contributed by atoms with van der Waals surface area (Å²) in [4.78, 5) is 0. The molecule has 2 atom stereocenters. The van der Waals surface area contributed by atoms with Crippen molar-refractivity contribution in [1.29, 1.82) is 0 Å². The summed E-state index contributed by atoms with van der Waals surface area (Å²) in [6.07, 6.45) is 0. The zero-order valence-electron chi connectivity index (χ0n) is 38.9. The van der Waals surface area contributed by atoms with Gasteiger partial charge in [-0.25, -0.2) is 0 Å². The SMILES string of the molecule is CCO[Si](Cl)(CC[Si]1(C)O[Si](C)(CC[Si](OCC)(OCC)OCC)O[Si](C)(CC[Si](OCC)(OCC)OCC)O[Si](C)(CC[Si](OCC)(OCC)OCC)O1)OCC. The van der Waals surface area contributed by atoms with Crippen molar-refractivity contribution in [3.63, 3.8) is 0 Å². The molecule has 15 nitrogen and oxygen atoms in total. The fourth-order valence-electron chi connectivity index (χ4n) is 7.46. The van der Waals surface area contributed by atoms with Crippen LogP contribution in [0.5, 0.6) is 0 Å². The molecule has 1 heterocycles. The van der Waals surface area contributed by atoms with Crippen LogP contribution in [0.1, 0.15) is 76.2 Å². The highest BCUT2D eigenvalue weighted by molar-refractivity contribution is 7.13. The Morgan fingerprint density at radius 1 is 0.310 bits per heavy atom. The van der Waals surface area contributed by atoms with E-state index in [0.717, 1.165) is 0 Å². The lowest BCUT2D eigenvalue weighted by Crippen LogP contribution is -2.68. The van der Waals surface area contributed by atoms with Crippen molar-refractivity contribution in [2.24, 2.45) is 0 Å². The maximum atomic E-state index is 7.59. The molecule has 0 aromatic carbocycles. The number of hydrogen-bond donors (Lipinski definition) is 0. The predicted octanol–water partition coefficient (Wildman–Crippen LogP) is 8.75. The van der Waals surface area contributed by atoms with Crippen LogP contribution in [0.15, 0.2) is 0 Å². The third-order valence-corrected chi connectivity index (χ3v) is 42.4. The zero-order valence-corrected chi connectivity index (χ0v) is 47.7. The average Bonchev–Trinajstić information content (AvgIpc) is 3.12. The van der Waals surface area contributed by atoms with E-state index >= 15 is 0 Å². The molecular weight excluding hydrogens is 908 g/mol. The Morgan fingerprint density at radius 2 is 0.483 bits per heavy atom. The van der Waals surface area contributed by atoms with Gasteiger partial charge in [-0.2, -0.15) is 0 Å². The van der Waals surface area contributed by atoms with E-state index in [-0.39, 0.29) is 0 Å². The summed E-state index contributed by atoms with van der Waals surface area (Å²) in [5.41, 5.74) is 0. The molecule has 348 valence electrons. The third kappa shape index (κ3) is 19.3. The molecule has 0 N–H and O–H groups in total. The Morgan fingerprint density at radius 3 is 0.655 bits per heavy atom. The first-order chi connectivity index (χ1) is 27.3. The second-order valence-electron chi connectivity index (χ2n) is 14.4. The quantitative estimate of drug-likeness (QED) is 0.0448. The highest BCUT2D eigenvalue weighted by atomic mass is 35.6. The van der Waals surface area contributed by atoms with Crippen LogP contribution >= 0.6 is 11.1 Å². The Bertz CT molecular complexity index is 1010. The van der Waals surface area contributed by atoms with Crippen LogP contribution in [0.25, 0.3) is 0 Å². The molecule has 0 aliphatic carbocycles. The number of hydrogen-bond acceptors (Lipinski definition) is 15. The van der Waals surface area contributed by atoms with Gasteiger partial charge < -0.3 is 65.1 Å². The van der Waals surface area contributed by atoms with Gasteiger partial charge in [0.05, 0.1) is 0 Å². The topological polar surface area (TPSA) is 138 Å². The minimum absolute atomic E-state index is 0.443. The monoisotopic (exact) mass is 990 g/mol. The molecule has 0 amide bonds. The molecule has 1 saturated heterocycles. The standard InChI is InChI=1S/C34H83ClO15Si8/c1-16-36-55(35,37-17-2)31-27-51(12)47-52(13,28-32-56(38-18-3,39-19-4)40-20-5)49-54(15,30-34-58(44-24-9,45-25-10)46-26-11)50-53(14,48-51)29-33-57(41-21-6,42-22-7)43-23-8/h16-34H2,1-15H3. The van der Waals surface area contributed by atoms with Crippen LogP contribution in [0.3, 0.4) is 0 Å². The highest BCUT2D eigenvalue weighted by Gasteiger charge is 2.60. The van der Waals surface area contributed by atoms with Crippen LogP contribution in [0.4, 0.5) is 0 Å². The van der Waals surface area contributed by atoms with E-state index in [4.69, 9.17) is 76.2 Å². The Kier molecular flexibility index (Phi) is 27.4. The lowest BCUT2D eigenvalue weighted by molar-refractivity contribution is 0.0714. The fourth-order valence-corrected chi connectivity index (χ4v) is 48.4. The maximum Gasteiger partial charge on any atom is 0.500 e. The molecule has 1 aliphatic heterocycles.